The van der Waals surface area contributed by atoms with E-state index in [0.717, 1.165) is 0 Å². The number of rotatable bonds is 2. The lowest BCUT2D eigenvalue weighted by atomic mass is 9.91. The first kappa shape index (κ1) is 16.4. The Labute approximate surface area is 140 Å². The van der Waals surface area contributed by atoms with Crippen molar-refractivity contribution in [2.45, 2.75) is 25.0 Å². The van der Waals surface area contributed by atoms with Crippen LogP contribution in [0.15, 0.2) is 60.7 Å². The van der Waals surface area contributed by atoms with Crippen LogP contribution in [0.5, 0.6) is 0 Å². The number of benzene rings is 2. The molecule has 0 radical (unpaired) electrons. The van der Waals surface area contributed by atoms with E-state index >= 15 is 0 Å². The molecule has 0 bridgehead atoms. The molecule has 1 fully saturated rings. The van der Waals surface area contributed by atoms with Crippen LogP contribution in [0, 0.1) is 0 Å². The van der Waals surface area contributed by atoms with Gasteiger partial charge in [0.05, 0.1) is 5.56 Å². The minimum atomic E-state index is -1.34. The van der Waals surface area contributed by atoms with Gasteiger partial charge in [0, 0.05) is 6.42 Å². The number of amides is 2. The van der Waals surface area contributed by atoms with Gasteiger partial charge in [-0.15, -0.1) is 0 Å². The Balaban J connectivity index is 2.06. The summed E-state index contributed by atoms with van der Waals surface area (Å²) in [5, 5.41) is 21.0. The molecule has 2 amide bonds. The second-order valence-corrected chi connectivity index (χ2v) is 6.43. The van der Waals surface area contributed by atoms with Crippen LogP contribution >= 0.6 is 0 Å². The number of aliphatic hydroxyl groups is 1. The van der Waals surface area contributed by atoms with E-state index in [1.54, 1.807) is 61.5 Å². The van der Waals surface area contributed by atoms with E-state index in [-0.39, 0.29) is 13.0 Å². The summed E-state index contributed by atoms with van der Waals surface area (Å²) in [4.78, 5) is 25.1. The highest BCUT2D eigenvalue weighted by Gasteiger charge is 2.62. The highest BCUT2D eigenvalue weighted by atomic mass is 16.4. The lowest BCUT2D eigenvalue weighted by Crippen LogP contribution is -2.59. The molecule has 124 valence electrons. The van der Waals surface area contributed by atoms with Crippen molar-refractivity contribution in [3.05, 3.63) is 71.8 Å². The number of carbonyl (C=O) groups is 2. The van der Waals surface area contributed by atoms with Crippen molar-refractivity contribution >= 4 is 12.0 Å². The van der Waals surface area contributed by atoms with E-state index in [1.165, 1.54) is 0 Å². The van der Waals surface area contributed by atoms with Crippen molar-refractivity contribution in [2.75, 3.05) is 6.54 Å². The van der Waals surface area contributed by atoms with E-state index in [1.807, 2.05) is 6.07 Å². The van der Waals surface area contributed by atoms with Crippen LogP contribution in [0.4, 0.5) is 4.79 Å². The molecule has 5 heteroatoms. The van der Waals surface area contributed by atoms with Gasteiger partial charge in [0.2, 0.25) is 0 Å². The summed E-state index contributed by atoms with van der Waals surface area (Å²) >= 11 is 0. The number of likely N-dealkylation sites (tertiary alicyclic amines) is 1. The van der Waals surface area contributed by atoms with Crippen molar-refractivity contribution < 1.29 is 24.3 Å². The number of carbonyl (C=O) groups excluding carboxylic acids is 1. The fourth-order valence-corrected chi connectivity index (χ4v) is 3.66. The summed E-state index contributed by atoms with van der Waals surface area (Å²) in [7, 11) is 0. The predicted molar refractivity (Wildman–Crippen MR) is 88.3 cm³/mol. The molecule has 0 aliphatic carbocycles. The van der Waals surface area contributed by atoms with Gasteiger partial charge in [-0.3, -0.25) is 0 Å². The normalized spacial score (nSPS) is 29.3. The first-order chi connectivity index (χ1) is 11.4. The quantitative estimate of drug-likeness (QED) is 0.832. The number of imide groups is 1. The zero-order valence-corrected chi connectivity index (χ0v) is 13.4. The average Bonchev–Trinajstić information content (AvgIpc) is 2.89. The van der Waals surface area contributed by atoms with Crippen molar-refractivity contribution in [3.63, 3.8) is 0 Å². The first-order valence-electron chi connectivity index (χ1n) is 7.89. The predicted octanol–water partition coefficient (Wildman–Crippen LogP) is 3.00. The standard InChI is InChI=1S/C19H19NO4/c1-14-12-19(24,16-10-6-3-7-11-16)13-20(14,18(22)23)17(21)15-8-4-2-5-9-15/h2-11,14,24H,12-13H2,1H3/p+1/t14-,19+,20-/m1/s1. The molecular weight excluding hydrogens is 306 g/mol. The molecule has 2 aromatic rings. The lowest BCUT2D eigenvalue weighted by molar-refractivity contribution is -0.789. The molecule has 5 nitrogen and oxygen atoms in total. The maximum Gasteiger partial charge on any atom is 0.521 e. The van der Waals surface area contributed by atoms with Crippen molar-refractivity contribution in [3.8, 4) is 0 Å². The minimum absolute atomic E-state index is 0.179. The van der Waals surface area contributed by atoms with Gasteiger partial charge in [-0.1, -0.05) is 48.5 Å². The highest BCUT2D eigenvalue weighted by molar-refractivity contribution is 5.94. The fraction of sp³-hybridized carbons (Fsp3) is 0.263. The van der Waals surface area contributed by atoms with E-state index in [9.17, 15) is 19.8 Å². The molecule has 0 spiro atoms. The topological polar surface area (TPSA) is 74.6 Å². The second-order valence-electron chi connectivity index (χ2n) is 6.43. The number of nitrogens with zero attached hydrogens (tertiary/aromatic N) is 1. The Bertz CT molecular complexity index is 761. The summed E-state index contributed by atoms with van der Waals surface area (Å²) in [5.74, 6) is -0.498. The van der Waals surface area contributed by atoms with Gasteiger partial charge in [-0.2, -0.15) is 9.28 Å². The van der Waals surface area contributed by atoms with Crippen LogP contribution in [0.25, 0.3) is 0 Å². The van der Waals surface area contributed by atoms with Gasteiger partial charge in [-0.05, 0) is 24.6 Å². The first-order valence-corrected chi connectivity index (χ1v) is 7.89. The molecule has 0 aromatic heterocycles. The van der Waals surface area contributed by atoms with Crippen LogP contribution in [0.3, 0.4) is 0 Å². The molecule has 1 aliphatic rings. The Kier molecular flexibility index (Phi) is 3.99. The lowest BCUT2D eigenvalue weighted by Gasteiger charge is -2.30. The van der Waals surface area contributed by atoms with E-state index in [2.05, 4.69) is 0 Å². The van der Waals surface area contributed by atoms with Gasteiger partial charge >= 0.3 is 12.0 Å². The van der Waals surface area contributed by atoms with Gasteiger partial charge in [0.25, 0.3) is 0 Å². The van der Waals surface area contributed by atoms with Crippen molar-refractivity contribution in [1.82, 2.24) is 0 Å². The van der Waals surface area contributed by atoms with Crippen molar-refractivity contribution in [1.29, 1.82) is 0 Å². The second kappa shape index (κ2) is 5.85. The molecule has 1 saturated heterocycles. The molecule has 1 heterocycles. The number of hydrogen-bond donors (Lipinski definition) is 2. The molecule has 0 saturated carbocycles. The molecule has 3 rings (SSSR count). The third kappa shape index (κ3) is 2.42. The van der Waals surface area contributed by atoms with E-state index < -0.39 is 28.1 Å². The van der Waals surface area contributed by atoms with Crippen molar-refractivity contribution in [2.24, 2.45) is 0 Å². The minimum Gasteiger partial charge on any atom is -0.435 e. The summed E-state index contributed by atoms with van der Waals surface area (Å²) in [6.45, 7) is 1.52. The summed E-state index contributed by atoms with van der Waals surface area (Å²) < 4.78 is -0.796. The third-order valence-electron chi connectivity index (χ3n) is 4.93. The summed E-state index contributed by atoms with van der Waals surface area (Å²) in [6.07, 6.45) is -1.02. The highest BCUT2D eigenvalue weighted by Crippen LogP contribution is 2.42. The average molecular weight is 326 g/mol. The number of quaternary nitrogens is 1. The largest absolute Gasteiger partial charge is 0.521 e. The number of hydrogen-bond acceptors (Lipinski definition) is 3. The van der Waals surface area contributed by atoms with Gasteiger partial charge in [0.15, 0.2) is 0 Å². The molecule has 2 N–H and O–H groups in total. The van der Waals surface area contributed by atoms with E-state index in [4.69, 9.17) is 0 Å². The summed E-state index contributed by atoms with van der Waals surface area (Å²) in [6, 6.07) is 16.8. The Hall–Kier alpha value is -2.50. The Morgan fingerprint density at radius 2 is 1.58 bits per heavy atom. The fourth-order valence-electron chi connectivity index (χ4n) is 3.66. The Morgan fingerprint density at radius 1 is 1.04 bits per heavy atom. The SMILES string of the molecule is C[C@@H]1C[C@@](O)(c2ccccc2)C[N@+]1(C(=O)O)C(=O)c1ccccc1. The summed E-state index contributed by atoms with van der Waals surface area (Å²) in [5.41, 5.74) is -0.369. The van der Waals surface area contributed by atoms with Crippen LogP contribution < -0.4 is 0 Å². The molecule has 2 aromatic carbocycles. The monoisotopic (exact) mass is 326 g/mol. The maximum atomic E-state index is 13.0. The van der Waals surface area contributed by atoms with Crippen LogP contribution in [0.1, 0.15) is 29.3 Å². The molecule has 1 aliphatic heterocycles. The van der Waals surface area contributed by atoms with Crippen LogP contribution in [-0.4, -0.2) is 39.3 Å². The van der Waals surface area contributed by atoms with Crippen LogP contribution in [-0.2, 0) is 5.60 Å². The van der Waals surface area contributed by atoms with Gasteiger partial charge < -0.3 is 10.2 Å². The number of carboxylic acid groups (broad SMARTS) is 1. The van der Waals surface area contributed by atoms with Crippen LogP contribution in [0.2, 0.25) is 0 Å². The van der Waals surface area contributed by atoms with Gasteiger partial charge in [-0.25, -0.2) is 4.79 Å². The molecule has 3 atom stereocenters. The Morgan fingerprint density at radius 3 is 2.12 bits per heavy atom. The van der Waals surface area contributed by atoms with Gasteiger partial charge in [0.1, 0.15) is 18.2 Å². The van der Waals surface area contributed by atoms with E-state index in [0.29, 0.717) is 11.1 Å². The third-order valence-corrected chi connectivity index (χ3v) is 4.93. The maximum absolute atomic E-state index is 13.0. The smallest absolute Gasteiger partial charge is 0.435 e. The molecular formula is C19H20NO4+. The zero-order valence-electron chi connectivity index (χ0n) is 13.4. The molecule has 24 heavy (non-hydrogen) atoms. The molecule has 0 unspecified atom stereocenters. The zero-order chi connectivity index (χ0) is 17.4.